The first-order valence-electron chi connectivity index (χ1n) is 12.8. The molecule has 0 fully saturated rings. The van der Waals surface area contributed by atoms with E-state index < -0.39 is 35.8 Å². The number of allylic oxidation sites excluding steroid dienone is 3. The second-order valence-corrected chi connectivity index (χ2v) is 9.94. The van der Waals surface area contributed by atoms with Gasteiger partial charge in [-0.1, -0.05) is 18.2 Å². The molecule has 0 saturated carbocycles. The van der Waals surface area contributed by atoms with Crippen molar-refractivity contribution in [3.63, 3.8) is 0 Å². The molecule has 6 rings (SSSR count). The van der Waals surface area contributed by atoms with Crippen LogP contribution in [0, 0.1) is 6.92 Å². The average Bonchev–Trinajstić information content (AvgIpc) is 3.43. The van der Waals surface area contributed by atoms with Crippen molar-refractivity contribution >= 4 is 35.8 Å². The summed E-state index contributed by atoms with van der Waals surface area (Å²) in [5.41, 5.74) is 2.87. The molecule has 2 heterocycles. The Morgan fingerprint density at radius 1 is 0.690 bits per heavy atom. The molecular formula is C32H20O10. The molecule has 3 aliphatic rings. The van der Waals surface area contributed by atoms with Gasteiger partial charge in [-0.05, 0) is 85.5 Å². The van der Waals surface area contributed by atoms with Gasteiger partial charge in [0.25, 0.3) is 0 Å². The van der Waals surface area contributed by atoms with Crippen molar-refractivity contribution in [1.29, 1.82) is 0 Å². The van der Waals surface area contributed by atoms with Gasteiger partial charge in [-0.3, -0.25) is 0 Å². The van der Waals surface area contributed by atoms with Crippen LogP contribution in [0.15, 0.2) is 78.1 Å². The molecule has 1 unspecified atom stereocenters. The second-order valence-electron chi connectivity index (χ2n) is 9.94. The van der Waals surface area contributed by atoms with E-state index in [1.165, 1.54) is 36.4 Å². The van der Waals surface area contributed by atoms with Gasteiger partial charge < -0.3 is 18.9 Å². The van der Waals surface area contributed by atoms with Crippen LogP contribution >= 0.6 is 0 Å². The summed E-state index contributed by atoms with van der Waals surface area (Å²) in [5.74, 6) is -3.77. The maximum Gasteiger partial charge on any atom is 0.346 e. The van der Waals surface area contributed by atoms with Gasteiger partial charge in [-0.15, -0.1) is 0 Å². The molecule has 1 atom stereocenters. The zero-order chi connectivity index (χ0) is 29.7. The summed E-state index contributed by atoms with van der Waals surface area (Å²) in [4.78, 5) is 72.4. The SMILES string of the molecule is CC1=CC(c2ccc(OC(=O)c3ccc4c(c3)C(=O)OC4=O)c(C)c2)CC=C1OC(=O)c1ccc2c(c1)C(=O)OC2=O. The van der Waals surface area contributed by atoms with Crippen molar-refractivity contribution in [3.8, 4) is 5.75 Å². The van der Waals surface area contributed by atoms with Crippen molar-refractivity contribution < 1.29 is 47.7 Å². The molecule has 0 aromatic heterocycles. The van der Waals surface area contributed by atoms with Crippen LogP contribution in [0.4, 0.5) is 0 Å². The number of carbonyl (C=O) groups is 6. The largest absolute Gasteiger partial charge is 0.423 e. The number of aryl methyl sites for hydroxylation is 1. The van der Waals surface area contributed by atoms with E-state index in [1.807, 2.05) is 25.1 Å². The lowest BCUT2D eigenvalue weighted by Gasteiger charge is -2.21. The van der Waals surface area contributed by atoms with Crippen LogP contribution in [-0.4, -0.2) is 35.8 Å². The Labute approximate surface area is 238 Å². The normalized spacial score (nSPS) is 17.0. The van der Waals surface area contributed by atoms with E-state index in [2.05, 4.69) is 9.47 Å². The summed E-state index contributed by atoms with van der Waals surface area (Å²) in [5, 5.41) is 0. The van der Waals surface area contributed by atoms with Gasteiger partial charge in [0, 0.05) is 5.92 Å². The van der Waals surface area contributed by atoms with Gasteiger partial charge >= 0.3 is 35.8 Å². The van der Waals surface area contributed by atoms with Crippen LogP contribution in [0.25, 0.3) is 0 Å². The van der Waals surface area contributed by atoms with Crippen LogP contribution in [0.1, 0.15) is 92.5 Å². The lowest BCUT2D eigenvalue weighted by molar-refractivity contribution is 0.0425. The minimum atomic E-state index is -0.805. The summed E-state index contributed by atoms with van der Waals surface area (Å²) in [6.07, 6.45) is 4.30. The van der Waals surface area contributed by atoms with Crippen molar-refractivity contribution in [1.82, 2.24) is 0 Å². The van der Waals surface area contributed by atoms with E-state index >= 15 is 0 Å². The summed E-state index contributed by atoms with van der Waals surface area (Å²) in [7, 11) is 0. The first-order valence-corrected chi connectivity index (χ1v) is 12.8. The molecule has 1 aliphatic carbocycles. The third-order valence-corrected chi connectivity index (χ3v) is 7.19. The highest BCUT2D eigenvalue weighted by Crippen LogP contribution is 2.34. The zero-order valence-corrected chi connectivity index (χ0v) is 22.2. The van der Waals surface area contributed by atoms with Crippen LogP contribution < -0.4 is 4.74 Å². The molecule has 0 saturated heterocycles. The Hall–Kier alpha value is -5.64. The van der Waals surface area contributed by atoms with Gasteiger partial charge in [-0.25, -0.2) is 28.8 Å². The molecule has 3 aromatic rings. The molecule has 10 heteroatoms. The van der Waals surface area contributed by atoms with Gasteiger partial charge in [-0.2, -0.15) is 0 Å². The molecule has 42 heavy (non-hydrogen) atoms. The van der Waals surface area contributed by atoms with Gasteiger partial charge in [0.2, 0.25) is 0 Å². The summed E-state index contributed by atoms with van der Waals surface area (Å²) >= 11 is 0. The Morgan fingerprint density at radius 3 is 1.79 bits per heavy atom. The van der Waals surface area contributed by atoms with Crippen molar-refractivity contribution in [2.45, 2.75) is 26.2 Å². The van der Waals surface area contributed by atoms with E-state index in [9.17, 15) is 28.8 Å². The number of fused-ring (bicyclic) bond motifs is 2. The Kier molecular flexibility index (Phi) is 6.38. The lowest BCUT2D eigenvalue weighted by atomic mass is 9.88. The Balaban J connectivity index is 1.12. The maximum atomic E-state index is 12.8. The fourth-order valence-electron chi connectivity index (χ4n) is 4.96. The predicted octanol–water partition coefficient (Wildman–Crippen LogP) is 5.01. The fourth-order valence-corrected chi connectivity index (χ4v) is 4.96. The number of hydrogen-bond acceptors (Lipinski definition) is 10. The number of ether oxygens (including phenoxy) is 4. The number of benzene rings is 3. The fraction of sp³-hybridized carbons (Fsp3) is 0.125. The minimum absolute atomic E-state index is 0.0209. The Morgan fingerprint density at radius 2 is 1.24 bits per heavy atom. The molecular weight excluding hydrogens is 544 g/mol. The maximum absolute atomic E-state index is 12.8. The van der Waals surface area contributed by atoms with E-state index in [0.29, 0.717) is 23.5 Å². The van der Waals surface area contributed by atoms with Crippen molar-refractivity contribution in [2.24, 2.45) is 0 Å². The van der Waals surface area contributed by atoms with E-state index in [1.54, 1.807) is 19.1 Å². The van der Waals surface area contributed by atoms with Crippen LogP contribution in [0.5, 0.6) is 5.75 Å². The molecule has 0 spiro atoms. The monoisotopic (exact) mass is 564 g/mol. The summed E-state index contributed by atoms with van der Waals surface area (Å²) in [6, 6.07) is 13.5. The zero-order valence-electron chi connectivity index (χ0n) is 22.2. The van der Waals surface area contributed by atoms with Crippen LogP contribution in [0.2, 0.25) is 0 Å². The summed E-state index contributed by atoms with van der Waals surface area (Å²) in [6.45, 7) is 3.61. The number of rotatable bonds is 5. The molecule has 3 aromatic carbocycles. The molecule has 0 amide bonds. The van der Waals surface area contributed by atoms with E-state index in [0.717, 1.165) is 11.1 Å². The topological polar surface area (TPSA) is 139 Å². The number of carbonyl (C=O) groups excluding carboxylic acids is 6. The number of esters is 6. The third-order valence-electron chi connectivity index (χ3n) is 7.19. The van der Waals surface area contributed by atoms with Gasteiger partial charge in [0.1, 0.15) is 11.5 Å². The average molecular weight is 565 g/mol. The van der Waals surface area contributed by atoms with Crippen LogP contribution in [0.3, 0.4) is 0 Å². The van der Waals surface area contributed by atoms with Crippen LogP contribution in [-0.2, 0) is 14.2 Å². The first kappa shape index (κ1) is 26.6. The molecule has 0 radical (unpaired) electrons. The third kappa shape index (κ3) is 4.68. The number of cyclic esters (lactones) is 4. The lowest BCUT2D eigenvalue weighted by Crippen LogP contribution is -2.12. The molecule has 0 N–H and O–H groups in total. The van der Waals surface area contributed by atoms with Gasteiger partial charge in [0.05, 0.1) is 33.4 Å². The smallest absolute Gasteiger partial charge is 0.346 e. The highest BCUT2D eigenvalue weighted by molar-refractivity contribution is 6.16. The molecule has 208 valence electrons. The molecule has 2 aliphatic heterocycles. The number of hydrogen-bond donors (Lipinski definition) is 0. The highest BCUT2D eigenvalue weighted by atomic mass is 16.6. The second kappa shape index (κ2) is 10.1. The molecule has 10 nitrogen and oxygen atoms in total. The van der Waals surface area contributed by atoms with Crippen molar-refractivity contribution in [2.75, 3.05) is 0 Å². The Bertz CT molecular complexity index is 1840. The van der Waals surface area contributed by atoms with Crippen molar-refractivity contribution in [3.05, 3.63) is 123 Å². The standard InChI is InChI=1S/C32H20O10/c1-15-11-17(5-9-25(15)39-27(33)19-3-7-21-23(13-19)31(37)41-29(21)35)18-6-10-26(16(2)12-18)40-28(34)20-4-8-22-24(14-20)32(38)42-30(22)36/h3-5,7-14,18H,6H2,1-2H3. The minimum Gasteiger partial charge on any atom is -0.423 e. The first-order chi connectivity index (χ1) is 20.1. The van der Waals surface area contributed by atoms with E-state index in [4.69, 9.17) is 9.47 Å². The quantitative estimate of drug-likeness (QED) is 0.180. The highest BCUT2D eigenvalue weighted by Gasteiger charge is 2.32. The predicted molar refractivity (Wildman–Crippen MR) is 143 cm³/mol. The summed E-state index contributed by atoms with van der Waals surface area (Å²) < 4.78 is 20.3. The van der Waals surface area contributed by atoms with E-state index in [-0.39, 0.29) is 39.3 Å². The van der Waals surface area contributed by atoms with Gasteiger partial charge in [0.15, 0.2) is 0 Å². The molecule has 0 bridgehead atoms.